The molecule has 1 atom stereocenters. The molecule has 0 radical (unpaired) electrons. The first-order valence-corrected chi connectivity index (χ1v) is 7.15. The molecule has 0 amide bonds. The van der Waals surface area contributed by atoms with Crippen LogP contribution in [-0.4, -0.2) is 55.1 Å². The Balaban J connectivity index is 2.53. The molecule has 0 saturated heterocycles. The Morgan fingerprint density at radius 1 is 1.56 bits per heavy atom. The molecule has 0 bridgehead atoms. The first kappa shape index (κ1) is 15.0. The second-order valence-electron chi connectivity index (χ2n) is 3.99. The topological polar surface area (TPSA) is 103 Å². The zero-order valence-corrected chi connectivity index (χ0v) is 11.7. The molecular formula is C9H20N6O2S. The van der Waals surface area contributed by atoms with Crippen LogP contribution in [0.25, 0.3) is 0 Å². The predicted octanol–water partition coefficient (Wildman–Crippen LogP) is -0.759. The van der Waals surface area contributed by atoms with Crippen LogP contribution in [0.15, 0.2) is 6.33 Å². The molecule has 0 aliphatic carbocycles. The Kier molecular flexibility index (Phi) is 5.66. The van der Waals surface area contributed by atoms with Gasteiger partial charge >= 0.3 is 0 Å². The van der Waals surface area contributed by atoms with Gasteiger partial charge in [0.25, 0.3) is 10.2 Å². The highest BCUT2D eigenvalue weighted by molar-refractivity contribution is 7.87. The fourth-order valence-corrected chi connectivity index (χ4v) is 2.50. The van der Waals surface area contributed by atoms with Gasteiger partial charge in [0.1, 0.15) is 12.2 Å². The average Bonchev–Trinajstić information content (AvgIpc) is 2.82. The molecule has 0 aromatic carbocycles. The van der Waals surface area contributed by atoms with Gasteiger partial charge in [-0.2, -0.15) is 22.5 Å². The minimum absolute atomic E-state index is 0.441. The number of aromatic nitrogens is 3. The van der Waals surface area contributed by atoms with Crippen molar-refractivity contribution >= 4 is 10.2 Å². The maximum atomic E-state index is 12.0. The van der Waals surface area contributed by atoms with E-state index in [0.717, 1.165) is 13.0 Å². The third-order valence-electron chi connectivity index (χ3n) is 2.48. The summed E-state index contributed by atoms with van der Waals surface area (Å²) < 4.78 is 27.7. The molecule has 1 rings (SSSR count). The first-order chi connectivity index (χ1) is 8.47. The third kappa shape index (κ3) is 4.33. The van der Waals surface area contributed by atoms with Crippen molar-refractivity contribution in [3.05, 3.63) is 12.2 Å². The fraction of sp³-hybridized carbons (Fsp3) is 0.778. The largest absolute Gasteiger partial charge is 0.320 e. The van der Waals surface area contributed by atoms with E-state index < -0.39 is 16.3 Å². The molecule has 1 aromatic heterocycles. The maximum absolute atomic E-state index is 12.0. The Bertz CT molecular complexity index is 432. The lowest BCUT2D eigenvalue weighted by Gasteiger charge is -2.20. The Morgan fingerprint density at radius 2 is 2.28 bits per heavy atom. The summed E-state index contributed by atoms with van der Waals surface area (Å²) in [5, 5.41) is 9.29. The minimum Gasteiger partial charge on any atom is -0.320 e. The number of H-pyrrole nitrogens is 1. The fourth-order valence-electron chi connectivity index (χ4n) is 1.39. The Hall–Kier alpha value is -1.03. The van der Waals surface area contributed by atoms with Gasteiger partial charge in [-0.3, -0.25) is 5.10 Å². The highest BCUT2D eigenvalue weighted by Gasteiger charge is 2.21. The lowest BCUT2D eigenvalue weighted by Crippen LogP contribution is -2.40. The standard InChI is InChI=1S/C9H20N6O2S/c1-8(9-11-7-12-13-9)14-18(16,17)15(3)6-4-5-10-2/h7-8,10,14H,4-6H2,1-3H3,(H,11,12,13). The van der Waals surface area contributed by atoms with Crippen molar-refractivity contribution < 1.29 is 8.42 Å². The van der Waals surface area contributed by atoms with Gasteiger partial charge in [0.2, 0.25) is 0 Å². The number of aromatic amines is 1. The van der Waals surface area contributed by atoms with Gasteiger partial charge in [0, 0.05) is 13.6 Å². The van der Waals surface area contributed by atoms with Crippen LogP contribution < -0.4 is 10.0 Å². The minimum atomic E-state index is -3.50. The normalized spacial score (nSPS) is 14.0. The van der Waals surface area contributed by atoms with Crippen LogP contribution in [-0.2, 0) is 10.2 Å². The molecule has 8 nitrogen and oxygen atoms in total. The molecule has 0 aliphatic rings. The van der Waals surface area contributed by atoms with Gasteiger partial charge in [0.15, 0.2) is 0 Å². The second-order valence-corrected chi connectivity index (χ2v) is 5.80. The Labute approximate surface area is 107 Å². The summed E-state index contributed by atoms with van der Waals surface area (Å²) in [6.07, 6.45) is 2.10. The summed E-state index contributed by atoms with van der Waals surface area (Å²) in [6, 6.07) is -0.441. The molecule has 9 heteroatoms. The lowest BCUT2D eigenvalue weighted by molar-refractivity contribution is 0.439. The number of hydrogen-bond acceptors (Lipinski definition) is 5. The van der Waals surface area contributed by atoms with E-state index in [4.69, 9.17) is 0 Å². The van der Waals surface area contributed by atoms with E-state index in [9.17, 15) is 8.42 Å². The van der Waals surface area contributed by atoms with Crippen LogP contribution in [0.4, 0.5) is 0 Å². The summed E-state index contributed by atoms with van der Waals surface area (Å²) in [4.78, 5) is 3.91. The molecule has 18 heavy (non-hydrogen) atoms. The van der Waals surface area contributed by atoms with Gasteiger partial charge in [0.05, 0.1) is 6.04 Å². The molecule has 104 valence electrons. The number of nitrogens with zero attached hydrogens (tertiary/aromatic N) is 3. The zero-order chi connectivity index (χ0) is 13.6. The van der Waals surface area contributed by atoms with Crippen molar-refractivity contribution in [3.63, 3.8) is 0 Å². The maximum Gasteiger partial charge on any atom is 0.279 e. The van der Waals surface area contributed by atoms with E-state index in [1.165, 1.54) is 10.6 Å². The highest BCUT2D eigenvalue weighted by Crippen LogP contribution is 2.08. The van der Waals surface area contributed by atoms with Crippen molar-refractivity contribution in [3.8, 4) is 0 Å². The van der Waals surface area contributed by atoms with Crippen molar-refractivity contribution in [2.24, 2.45) is 0 Å². The van der Waals surface area contributed by atoms with Gasteiger partial charge in [-0.05, 0) is 26.9 Å². The molecule has 0 saturated carbocycles. The number of nitrogens with one attached hydrogen (secondary N) is 3. The third-order valence-corrected chi connectivity index (χ3v) is 4.13. The van der Waals surface area contributed by atoms with Crippen LogP contribution in [0, 0.1) is 0 Å². The van der Waals surface area contributed by atoms with Gasteiger partial charge < -0.3 is 5.32 Å². The Morgan fingerprint density at radius 3 is 2.83 bits per heavy atom. The van der Waals surface area contributed by atoms with Crippen LogP contribution in [0.3, 0.4) is 0 Å². The van der Waals surface area contributed by atoms with E-state index in [1.54, 1.807) is 14.0 Å². The van der Waals surface area contributed by atoms with Crippen molar-refractivity contribution in [1.82, 2.24) is 29.5 Å². The second kappa shape index (κ2) is 6.78. The average molecular weight is 276 g/mol. The molecule has 1 heterocycles. The number of rotatable bonds is 8. The molecule has 0 spiro atoms. The van der Waals surface area contributed by atoms with E-state index in [-0.39, 0.29) is 0 Å². The molecule has 0 aliphatic heterocycles. The monoisotopic (exact) mass is 276 g/mol. The summed E-state index contributed by atoms with van der Waals surface area (Å²) in [5.41, 5.74) is 0. The van der Waals surface area contributed by atoms with E-state index in [1.807, 2.05) is 7.05 Å². The zero-order valence-electron chi connectivity index (χ0n) is 10.8. The first-order valence-electron chi connectivity index (χ1n) is 5.71. The summed E-state index contributed by atoms with van der Waals surface area (Å²) >= 11 is 0. The van der Waals surface area contributed by atoms with E-state index in [0.29, 0.717) is 12.4 Å². The van der Waals surface area contributed by atoms with Crippen molar-refractivity contribution in [2.45, 2.75) is 19.4 Å². The molecule has 3 N–H and O–H groups in total. The number of hydrogen-bond donors (Lipinski definition) is 3. The molecule has 1 unspecified atom stereocenters. The van der Waals surface area contributed by atoms with Crippen molar-refractivity contribution in [1.29, 1.82) is 0 Å². The smallest absolute Gasteiger partial charge is 0.279 e. The SMILES string of the molecule is CNCCCN(C)S(=O)(=O)NC(C)c1ncn[nH]1. The van der Waals surface area contributed by atoms with Crippen LogP contribution >= 0.6 is 0 Å². The quantitative estimate of drug-likeness (QED) is 0.542. The van der Waals surface area contributed by atoms with Crippen molar-refractivity contribution in [2.75, 3.05) is 27.2 Å². The highest BCUT2D eigenvalue weighted by atomic mass is 32.2. The van der Waals surface area contributed by atoms with Gasteiger partial charge in [-0.25, -0.2) is 4.98 Å². The van der Waals surface area contributed by atoms with E-state index >= 15 is 0 Å². The summed E-state index contributed by atoms with van der Waals surface area (Å²) in [6.45, 7) is 2.94. The molecular weight excluding hydrogens is 256 g/mol. The van der Waals surface area contributed by atoms with Gasteiger partial charge in [-0.15, -0.1) is 0 Å². The van der Waals surface area contributed by atoms with Crippen LogP contribution in [0.2, 0.25) is 0 Å². The lowest BCUT2D eigenvalue weighted by atomic mass is 10.3. The predicted molar refractivity (Wildman–Crippen MR) is 68.0 cm³/mol. The van der Waals surface area contributed by atoms with Crippen LogP contribution in [0.1, 0.15) is 25.2 Å². The molecule has 1 aromatic rings. The van der Waals surface area contributed by atoms with Gasteiger partial charge in [-0.1, -0.05) is 0 Å². The van der Waals surface area contributed by atoms with E-state index in [2.05, 4.69) is 25.2 Å². The summed E-state index contributed by atoms with van der Waals surface area (Å²) in [5.74, 6) is 0.488. The van der Waals surface area contributed by atoms with Crippen LogP contribution in [0.5, 0.6) is 0 Å². The summed E-state index contributed by atoms with van der Waals surface area (Å²) in [7, 11) is -0.119. The molecule has 0 fully saturated rings.